The number of hydrogen-bond donors (Lipinski definition) is 2. The Hall–Kier alpha value is 2.45. The molecule has 0 saturated carbocycles. The fourth-order valence-corrected chi connectivity index (χ4v) is 12.4. The van der Waals surface area contributed by atoms with Crippen LogP contribution in [0.1, 0.15) is 25.7 Å². The number of rotatable bonds is 30. The zero-order valence-corrected chi connectivity index (χ0v) is 32.1. The van der Waals surface area contributed by atoms with Crippen molar-refractivity contribution in [3.05, 3.63) is 0 Å². The van der Waals surface area contributed by atoms with Crippen LogP contribution in [0.15, 0.2) is 0 Å². The van der Waals surface area contributed by atoms with Crippen molar-refractivity contribution in [1.29, 1.82) is 0 Å². The van der Waals surface area contributed by atoms with Crippen molar-refractivity contribution >= 4 is 150 Å². The van der Waals surface area contributed by atoms with Gasteiger partial charge in [0.15, 0.2) is 20.5 Å². The highest BCUT2D eigenvalue weighted by molar-refractivity contribution is 8.18. The van der Waals surface area contributed by atoms with Gasteiger partial charge in [0.25, 0.3) is 0 Å². The fraction of sp³-hybridized carbons (Fsp3) is 0.833. The summed E-state index contributed by atoms with van der Waals surface area (Å²) in [6, 6.07) is 0. The van der Waals surface area contributed by atoms with E-state index in [2.05, 4.69) is 0 Å². The molecule has 17 heteroatoms. The molecule has 0 aromatic heterocycles. The summed E-state index contributed by atoms with van der Waals surface area (Å²) < 4.78 is 0. The van der Waals surface area contributed by atoms with Gasteiger partial charge >= 0.3 is 0 Å². The Balaban J connectivity index is 3.41. The highest BCUT2D eigenvalue weighted by atomic mass is 32.2. The van der Waals surface area contributed by atoms with Crippen LogP contribution in [0.3, 0.4) is 0 Å². The van der Waals surface area contributed by atoms with E-state index in [1.807, 2.05) is 0 Å². The number of carbonyl (C=O) groups is 4. The molecule has 0 radical (unpaired) electrons. The minimum atomic E-state index is 0.140. The smallest absolute Gasteiger partial charge is 0.189 e. The van der Waals surface area contributed by atoms with E-state index >= 15 is 0 Å². The van der Waals surface area contributed by atoms with Gasteiger partial charge in [-0.2, -0.15) is 58.8 Å². The molecule has 0 aliphatic rings. The molecule has 0 saturated heterocycles. The molecule has 0 bridgehead atoms. The first-order valence-electron chi connectivity index (χ1n) is 12.9. The van der Waals surface area contributed by atoms with Gasteiger partial charge in [0.2, 0.25) is 0 Å². The standard InChI is InChI=1S/C24H42O6S11/c25-17-36-19-34-11-15-40-23(29)3-7-31-5-1-21(27)38-13-9-33-10-14-39-22(28)2-6-32-8-4-24(30)41-16-12-35-20-37-18-26/h25-26H,1-20H2. The third kappa shape index (κ3) is 35.2. The lowest BCUT2D eigenvalue weighted by molar-refractivity contribution is -0.111. The maximum absolute atomic E-state index is 12.0. The maximum atomic E-state index is 12.0. The van der Waals surface area contributed by atoms with Gasteiger partial charge in [-0.25, -0.2) is 0 Å². The van der Waals surface area contributed by atoms with Crippen LogP contribution in [0.5, 0.6) is 0 Å². The molecule has 0 atom stereocenters. The van der Waals surface area contributed by atoms with Crippen molar-refractivity contribution in [3.8, 4) is 0 Å². The predicted molar refractivity (Wildman–Crippen MR) is 204 cm³/mol. The highest BCUT2D eigenvalue weighted by Crippen LogP contribution is 2.19. The molecule has 6 nitrogen and oxygen atoms in total. The highest BCUT2D eigenvalue weighted by Gasteiger charge is 2.07. The average molecular weight is 779 g/mol. The molecule has 0 aliphatic heterocycles. The van der Waals surface area contributed by atoms with Gasteiger partial charge in [-0.05, 0) is 0 Å². The van der Waals surface area contributed by atoms with Crippen molar-refractivity contribution in [3.63, 3.8) is 0 Å². The molecule has 0 heterocycles. The Morgan fingerprint density at radius 2 is 0.610 bits per heavy atom. The normalized spacial score (nSPS) is 11.2. The van der Waals surface area contributed by atoms with Crippen molar-refractivity contribution in [2.45, 2.75) is 25.7 Å². The number of hydrogen-bond acceptors (Lipinski definition) is 17. The first-order chi connectivity index (χ1) is 20.0. The lowest BCUT2D eigenvalue weighted by Gasteiger charge is -2.04. The van der Waals surface area contributed by atoms with Crippen LogP contribution in [0.2, 0.25) is 0 Å². The van der Waals surface area contributed by atoms with E-state index in [1.54, 1.807) is 58.8 Å². The molecule has 0 aliphatic carbocycles. The van der Waals surface area contributed by atoms with E-state index in [-0.39, 0.29) is 32.3 Å². The van der Waals surface area contributed by atoms with Crippen LogP contribution in [0.25, 0.3) is 0 Å². The molecular formula is C24H42O6S11. The quantitative estimate of drug-likeness (QED) is 0.0609. The summed E-state index contributed by atoms with van der Waals surface area (Å²) in [6.45, 7) is 0. The molecule has 0 fully saturated rings. The molecule has 0 unspecified atom stereocenters. The minimum absolute atomic E-state index is 0.140. The van der Waals surface area contributed by atoms with Gasteiger partial charge in [0, 0.05) is 105 Å². The van der Waals surface area contributed by atoms with Crippen LogP contribution < -0.4 is 0 Å². The van der Waals surface area contributed by atoms with Crippen LogP contribution in [-0.2, 0) is 19.2 Å². The lowest BCUT2D eigenvalue weighted by Crippen LogP contribution is -2.01. The first-order valence-corrected chi connectivity index (χ1v) is 24.9. The zero-order chi connectivity index (χ0) is 30.2. The molecule has 2 N–H and O–H groups in total. The summed E-state index contributed by atoms with van der Waals surface area (Å²) in [4.78, 5) is 47.7. The Morgan fingerprint density at radius 3 is 0.902 bits per heavy atom. The van der Waals surface area contributed by atoms with E-state index in [0.29, 0.717) is 25.7 Å². The Kier molecular flexibility index (Phi) is 37.4. The minimum Gasteiger partial charge on any atom is -0.386 e. The van der Waals surface area contributed by atoms with E-state index in [9.17, 15) is 19.2 Å². The molecule has 0 amide bonds. The Labute approximate surface area is 293 Å². The second kappa shape index (κ2) is 35.3. The molecule has 41 heavy (non-hydrogen) atoms. The van der Waals surface area contributed by atoms with Crippen LogP contribution >= 0.6 is 129 Å². The monoisotopic (exact) mass is 778 g/mol. The Morgan fingerprint density at radius 1 is 0.341 bits per heavy atom. The lowest BCUT2D eigenvalue weighted by atomic mass is 10.5. The van der Waals surface area contributed by atoms with E-state index in [0.717, 1.165) is 79.2 Å². The maximum Gasteiger partial charge on any atom is 0.189 e. The average Bonchev–Trinajstić information content (AvgIpc) is 2.95. The Bertz CT molecular complexity index is 622. The molecule has 0 aromatic rings. The van der Waals surface area contributed by atoms with Crippen molar-refractivity contribution < 1.29 is 29.4 Å². The number of thioether (sulfide) groups is 11. The first kappa shape index (κ1) is 43.5. The van der Waals surface area contributed by atoms with Crippen molar-refractivity contribution in [2.75, 3.05) is 91.1 Å². The van der Waals surface area contributed by atoms with Crippen LogP contribution in [0.4, 0.5) is 0 Å². The summed E-state index contributed by atoms with van der Waals surface area (Å²) in [6.07, 6.45) is 2.13. The molecular weight excluding hydrogens is 737 g/mol. The predicted octanol–water partition coefficient (Wildman–Crippen LogP) is 6.53. The second-order valence-corrected chi connectivity index (χ2v) is 20.6. The van der Waals surface area contributed by atoms with E-state index in [4.69, 9.17) is 10.2 Å². The van der Waals surface area contributed by atoms with Gasteiger partial charge in [-0.15, -0.1) is 23.5 Å². The van der Waals surface area contributed by atoms with Gasteiger partial charge < -0.3 is 10.2 Å². The largest absolute Gasteiger partial charge is 0.386 e. The van der Waals surface area contributed by atoms with Crippen LogP contribution in [0, 0.1) is 0 Å². The SMILES string of the molecule is O=C(CCSCCC(=O)SCCSCSCO)SCCSCCSC(=O)CCSCCC(=O)SCCSCSCO. The van der Waals surface area contributed by atoms with E-state index in [1.165, 1.54) is 70.6 Å². The molecule has 240 valence electrons. The summed E-state index contributed by atoms with van der Waals surface area (Å²) in [5, 5.41) is 19.9. The molecule has 0 rings (SSSR count). The summed E-state index contributed by atoms with van der Waals surface area (Å²) in [5.41, 5.74) is 0. The van der Waals surface area contributed by atoms with Gasteiger partial charge in [-0.3, -0.25) is 19.2 Å². The molecule has 0 aromatic carbocycles. The van der Waals surface area contributed by atoms with Crippen molar-refractivity contribution in [2.24, 2.45) is 0 Å². The number of aliphatic hydroxyl groups excluding tert-OH is 2. The molecule has 0 spiro atoms. The van der Waals surface area contributed by atoms with E-state index < -0.39 is 0 Å². The van der Waals surface area contributed by atoms with Gasteiger partial charge in [-0.1, -0.05) is 47.0 Å². The summed E-state index contributed by atoms with van der Waals surface area (Å²) >= 11 is 17.0. The third-order valence-electron chi connectivity index (χ3n) is 4.28. The van der Waals surface area contributed by atoms with Crippen LogP contribution in [-0.4, -0.2) is 122 Å². The summed E-state index contributed by atoms with van der Waals surface area (Å²) in [7, 11) is 0. The number of carbonyl (C=O) groups excluding carboxylic acids is 4. The zero-order valence-electron chi connectivity index (χ0n) is 23.2. The fourth-order valence-electron chi connectivity index (χ4n) is 2.38. The number of aliphatic hydroxyl groups is 2. The second-order valence-electron chi connectivity index (χ2n) is 7.44. The topological polar surface area (TPSA) is 109 Å². The third-order valence-corrected chi connectivity index (χ3v) is 16.0. The van der Waals surface area contributed by atoms with Gasteiger partial charge in [0.1, 0.15) is 0 Å². The summed E-state index contributed by atoms with van der Waals surface area (Å²) in [5.74, 6) is 10.1. The van der Waals surface area contributed by atoms with Gasteiger partial charge in [0.05, 0.1) is 11.9 Å². The van der Waals surface area contributed by atoms with Crippen molar-refractivity contribution in [1.82, 2.24) is 0 Å².